The van der Waals surface area contributed by atoms with E-state index in [9.17, 15) is 14.4 Å². The fourth-order valence-corrected chi connectivity index (χ4v) is 10.5. The first-order valence-electron chi connectivity index (χ1n) is 34.5. The molecule has 6 nitrogen and oxygen atoms in total. The molecule has 0 amide bonds. The lowest BCUT2D eigenvalue weighted by Crippen LogP contribution is -2.30. The summed E-state index contributed by atoms with van der Waals surface area (Å²) in [4.78, 5) is 38.4. The van der Waals surface area contributed by atoms with Crippen LogP contribution in [0, 0.1) is 0 Å². The van der Waals surface area contributed by atoms with Gasteiger partial charge in [-0.3, -0.25) is 14.4 Å². The molecule has 0 saturated carbocycles. The summed E-state index contributed by atoms with van der Waals surface area (Å²) in [6.45, 7) is 6.60. The maximum atomic E-state index is 12.9. The van der Waals surface area contributed by atoms with E-state index in [1.165, 1.54) is 257 Å². The molecule has 0 aromatic rings. The molecule has 452 valence electrons. The van der Waals surface area contributed by atoms with E-state index in [4.69, 9.17) is 14.2 Å². The molecule has 0 spiro atoms. The monoisotopic (exact) mass is 1080 g/mol. The van der Waals surface area contributed by atoms with Crippen LogP contribution < -0.4 is 0 Å². The maximum Gasteiger partial charge on any atom is 0.306 e. The molecule has 1 unspecified atom stereocenters. The second-order valence-corrected chi connectivity index (χ2v) is 23.4. The van der Waals surface area contributed by atoms with Gasteiger partial charge in [-0.2, -0.15) is 0 Å². The van der Waals surface area contributed by atoms with Gasteiger partial charge in [0.15, 0.2) is 6.10 Å². The summed E-state index contributed by atoms with van der Waals surface area (Å²) in [6.07, 6.45) is 81.7. The fourth-order valence-electron chi connectivity index (χ4n) is 10.5. The van der Waals surface area contributed by atoms with E-state index < -0.39 is 6.10 Å². The molecule has 6 heteroatoms. The Hall–Kier alpha value is -2.37. The molecule has 0 aliphatic heterocycles. The Morgan fingerprint density at radius 3 is 0.792 bits per heavy atom. The number of carbonyl (C=O) groups excluding carboxylic acids is 3. The lowest BCUT2D eigenvalue weighted by atomic mass is 10.0. The number of rotatable bonds is 64. The number of hydrogen-bond acceptors (Lipinski definition) is 6. The van der Waals surface area contributed by atoms with Gasteiger partial charge in [0, 0.05) is 19.3 Å². The minimum Gasteiger partial charge on any atom is -0.462 e. The molecule has 0 heterocycles. The minimum atomic E-state index is -0.774. The number of ether oxygens (including phenoxy) is 3. The van der Waals surface area contributed by atoms with Crippen LogP contribution in [-0.2, 0) is 28.6 Å². The van der Waals surface area contributed by atoms with Gasteiger partial charge >= 0.3 is 17.9 Å². The van der Waals surface area contributed by atoms with Gasteiger partial charge in [0.1, 0.15) is 13.2 Å². The van der Waals surface area contributed by atoms with Crippen LogP contribution in [0.4, 0.5) is 0 Å². The van der Waals surface area contributed by atoms with Gasteiger partial charge in [-0.1, -0.05) is 346 Å². The molecule has 77 heavy (non-hydrogen) atoms. The third-order valence-electron chi connectivity index (χ3n) is 15.7. The third-order valence-corrected chi connectivity index (χ3v) is 15.7. The molecule has 0 saturated heterocycles. The van der Waals surface area contributed by atoms with Crippen molar-refractivity contribution in [3.8, 4) is 0 Å². The largest absolute Gasteiger partial charge is 0.462 e. The highest BCUT2D eigenvalue weighted by molar-refractivity contribution is 5.71. The van der Waals surface area contributed by atoms with Gasteiger partial charge in [-0.15, -0.1) is 0 Å². The number of carbonyl (C=O) groups is 3. The van der Waals surface area contributed by atoms with E-state index in [0.29, 0.717) is 19.3 Å². The normalized spacial score (nSPS) is 12.2. The van der Waals surface area contributed by atoms with Crippen molar-refractivity contribution in [2.24, 2.45) is 0 Å². The molecule has 0 fully saturated rings. The Balaban J connectivity index is 4.27. The summed E-state index contributed by atoms with van der Waals surface area (Å²) in [5, 5.41) is 0. The van der Waals surface area contributed by atoms with Gasteiger partial charge in [0.2, 0.25) is 0 Å². The van der Waals surface area contributed by atoms with E-state index in [1.54, 1.807) is 0 Å². The fraction of sp³-hybridized carbons (Fsp3) is 0.873. The first-order valence-corrected chi connectivity index (χ1v) is 34.5. The van der Waals surface area contributed by atoms with E-state index >= 15 is 0 Å². The van der Waals surface area contributed by atoms with E-state index in [-0.39, 0.29) is 31.1 Å². The van der Waals surface area contributed by atoms with Gasteiger partial charge in [0.25, 0.3) is 0 Å². The van der Waals surface area contributed by atoms with E-state index in [0.717, 1.165) is 83.5 Å². The highest BCUT2D eigenvalue weighted by atomic mass is 16.6. The lowest BCUT2D eigenvalue weighted by molar-refractivity contribution is -0.167. The van der Waals surface area contributed by atoms with Crippen LogP contribution in [0.15, 0.2) is 36.5 Å². The predicted octanol–water partition coefficient (Wildman–Crippen LogP) is 23.6. The Labute approximate surface area is 480 Å². The molecular formula is C71H132O6. The van der Waals surface area contributed by atoms with Crippen molar-refractivity contribution in [1.29, 1.82) is 0 Å². The zero-order valence-corrected chi connectivity index (χ0v) is 52.0. The van der Waals surface area contributed by atoms with Crippen LogP contribution >= 0.6 is 0 Å². The second-order valence-electron chi connectivity index (χ2n) is 23.4. The first-order chi connectivity index (χ1) is 38.0. The summed E-state index contributed by atoms with van der Waals surface area (Å²) >= 11 is 0. The summed E-state index contributed by atoms with van der Waals surface area (Å²) in [5.41, 5.74) is 0. The van der Waals surface area contributed by atoms with Crippen LogP contribution in [0.2, 0.25) is 0 Å². The van der Waals surface area contributed by atoms with Crippen molar-refractivity contribution in [2.75, 3.05) is 13.2 Å². The topological polar surface area (TPSA) is 78.9 Å². The Morgan fingerprint density at radius 2 is 0.506 bits per heavy atom. The lowest BCUT2D eigenvalue weighted by Gasteiger charge is -2.18. The molecule has 0 bridgehead atoms. The third kappa shape index (κ3) is 64.3. The minimum absolute atomic E-state index is 0.0693. The van der Waals surface area contributed by atoms with E-state index in [2.05, 4.69) is 57.2 Å². The molecule has 0 N–H and O–H groups in total. The SMILES string of the molecule is CC/C=C\C/C=C\C/C=C\CCCCCCCCCC(=O)OCC(COC(=O)CCCCCCCCCCCCCCCCCCCCCCCCCC)OC(=O)CCCCCCCCCCCCCCCCCCCC. The molecule has 1 atom stereocenters. The Kier molecular flexibility index (Phi) is 64.1. The zero-order valence-electron chi connectivity index (χ0n) is 52.0. The maximum absolute atomic E-state index is 12.9. The van der Waals surface area contributed by atoms with Crippen molar-refractivity contribution in [3.05, 3.63) is 36.5 Å². The summed E-state index contributed by atoms with van der Waals surface area (Å²) < 4.78 is 17.0. The van der Waals surface area contributed by atoms with E-state index in [1.807, 2.05) is 0 Å². The van der Waals surface area contributed by atoms with Crippen LogP contribution in [0.5, 0.6) is 0 Å². The molecular weight excluding hydrogens is 949 g/mol. The van der Waals surface area contributed by atoms with Crippen LogP contribution in [0.1, 0.15) is 380 Å². The number of unbranched alkanes of at least 4 members (excludes halogenated alkanes) is 47. The van der Waals surface area contributed by atoms with Gasteiger partial charge in [-0.05, 0) is 51.4 Å². The summed E-state index contributed by atoms with van der Waals surface area (Å²) in [7, 11) is 0. The summed E-state index contributed by atoms with van der Waals surface area (Å²) in [6, 6.07) is 0. The molecule has 0 aromatic carbocycles. The molecule has 0 aliphatic rings. The first kappa shape index (κ1) is 74.6. The van der Waals surface area contributed by atoms with Crippen LogP contribution in [0.25, 0.3) is 0 Å². The molecule has 0 radical (unpaired) electrons. The predicted molar refractivity (Wildman–Crippen MR) is 335 cm³/mol. The summed E-state index contributed by atoms with van der Waals surface area (Å²) in [5.74, 6) is -0.849. The molecule has 0 aromatic heterocycles. The second kappa shape index (κ2) is 66.1. The quantitative estimate of drug-likeness (QED) is 0.0261. The number of hydrogen-bond donors (Lipinski definition) is 0. The highest BCUT2D eigenvalue weighted by Gasteiger charge is 2.19. The Bertz CT molecular complexity index is 1290. The average Bonchev–Trinajstić information content (AvgIpc) is 3.43. The number of esters is 3. The van der Waals surface area contributed by atoms with Crippen molar-refractivity contribution in [3.63, 3.8) is 0 Å². The smallest absolute Gasteiger partial charge is 0.306 e. The van der Waals surface area contributed by atoms with Gasteiger partial charge in [0.05, 0.1) is 0 Å². The molecule has 0 aliphatic carbocycles. The van der Waals surface area contributed by atoms with Gasteiger partial charge in [-0.25, -0.2) is 0 Å². The van der Waals surface area contributed by atoms with Crippen LogP contribution in [0.3, 0.4) is 0 Å². The van der Waals surface area contributed by atoms with Crippen LogP contribution in [-0.4, -0.2) is 37.2 Å². The number of allylic oxidation sites excluding steroid dienone is 6. The van der Waals surface area contributed by atoms with Crippen molar-refractivity contribution < 1.29 is 28.6 Å². The van der Waals surface area contributed by atoms with Gasteiger partial charge < -0.3 is 14.2 Å². The average molecular weight is 1080 g/mol. The highest BCUT2D eigenvalue weighted by Crippen LogP contribution is 2.19. The van der Waals surface area contributed by atoms with Crippen molar-refractivity contribution >= 4 is 17.9 Å². The molecule has 0 rings (SSSR count). The van der Waals surface area contributed by atoms with Crippen molar-refractivity contribution in [2.45, 2.75) is 386 Å². The zero-order chi connectivity index (χ0) is 55.7. The van der Waals surface area contributed by atoms with Crippen molar-refractivity contribution in [1.82, 2.24) is 0 Å². The standard InChI is InChI=1S/C71H132O6/c1-4-7-10-13-16-19-22-25-28-31-33-34-35-36-37-38-41-43-46-49-52-55-58-61-64-70(73)76-67-68(66-75-69(72)63-60-57-54-51-48-45-42-39-30-27-24-21-18-15-12-9-6-3)77-71(74)65-62-59-56-53-50-47-44-40-32-29-26-23-20-17-14-11-8-5-2/h9,12,18,21,27,30,68H,4-8,10-11,13-17,19-20,22-26,28-29,31-67H2,1-3H3/b12-9-,21-18-,30-27-. The Morgan fingerprint density at radius 1 is 0.273 bits per heavy atom.